The molecule has 0 aliphatic heterocycles. The van der Waals surface area contributed by atoms with Gasteiger partial charge >= 0.3 is 0 Å². The molecule has 0 fully saturated rings. The SMILES string of the molecule is CCCC/C(=C\S(=O)c1ccc(C)cc1)S(=O)c1ccc(C)cc1. The molecule has 2 atom stereocenters. The smallest absolute Gasteiger partial charge is 0.0814 e. The molecule has 0 saturated heterocycles. The Morgan fingerprint density at radius 2 is 1.38 bits per heavy atom. The molecule has 0 radical (unpaired) electrons. The minimum absolute atomic E-state index is 0.703. The third kappa shape index (κ3) is 5.25. The van der Waals surface area contributed by atoms with Gasteiger partial charge in [-0.2, -0.15) is 0 Å². The fourth-order valence-corrected chi connectivity index (χ4v) is 4.74. The summed E-state index contributed by atoms with van der Waals surface area (Å²) in [5, 5.41) is 1.68. The summed E-state index contributed by atoms with van der Waals surface area (Å²) in [6.45, 7) is 6.11. The molecule has 24 heavy (non-hydrogen) atoms. The molecule has 2 unspecified atom stereocenters. The van der Waals surface area contributed by atoms with Gasteiger partial charge in [-0.05, 0) is 51.0 Å². The van der Waals surface area contributed by atoms with E-state index >= 15 is 0 Å². The topological polar surface area (TPSA) is 34.1 Å². The highest BCUT2D eigenvalue weighted by Gasteiger charge is 2.12. The standard InChI is InChI=1S/C20H24O2S2/c1-4-5-6-20(24(22)19-13-9-17(3)10-14-19)15-23(21)18-11-7-16(2)8-12-18/h7-15H,4-6H2,1-3H3/b20-15+. The zero-order chi connectivity index (χ0) is 17.5. The van der Waals surface area contributed by atoms with Crippen LogP contribution in [0.4, 0.5) is 0 Å². The summed E-state index contributed by atoms with van der Waals surface area (Å²) in [6.07, 6.45) is 2.66. The second-order valence-electron chi connectivity index (χ2n) is 5.88. The maximum absolute atomic E-state index is 12.9. The van der Waals surface area contributed by atoms with E-state index in [-0.39, 0.29) is 0 Å². The fraction of sp³-hybridized carbons (Fsp3) is 0.300. The highest BCUT2D eigenvalue weighted by Crippen LogP contribution is 2.22. The van der Waals surface area contributed by atoms with Crippen molar-refractivity contribution < 1.29 is 8.42 Å². The van der Waals surface area contributed by atoms with Gasteiger partial charge in [-0.3, -0.25) is 0 Å². The summed E-state index contributed by atoms with van der Waals surface area (Å²) in [7, 11) is -2.54. The van der Waals surface area contributed by atoms with E-state index in [9.17, 15) is 8.42 Å². The van der Waals surface area contributed by atoms with Gasteiger partial charge < -0.3 is 0 Å². The number of hydrogen-bond acceptors (Lipinski definition) is 2. The van der Waals surface area contributed by atoms with Gasteiger partial charge in [-0.15, -0.1) is 0 Å². The summed E-state index contributed by atoms with van der Waals surface area (Å²) >= 11 is 0. The molecule has 0 heterocycles. The number of rotatable bonds is 7. The molecule has 128 valence electrons. The molecule has 0 aromatic heterocycles. The number of allylic oxidation sites excluding steroid dienone is 1. The third-order valence-corrected chi connectivity index (χ3v) is 6.62. The van der Waals surface area contributed by atoms with Crippen LogP contribution in [0.25, 0.3) is 0 Å². The van der Waals surface area contributed by atoms with E-state index in [0.29, 0.717) is 6.42 Å². The first-order valence-electron chi connectivity index (χ1n) is 8.17. The van der Waals surface area contributed by atoms with E-state index in [4.69, 9.17) is 0 Å². The van der Waals surface area contributed by atoms with Crippen LogP contribution in [0.2, 0.25) is 0 Å². The van der Waals surface area contributed by atoms with E-state index in [1.54, 1.807) is 5.41 Å². The molecular weight excluding hydrogens is 336 g/mol. The van der Waals surface area contributed by atoms with Crippen LogP contribution in [-0.2, 0) is 21.6 Å². The summed E-state index contributed by atoms with van der Waals surface area (Å²) in [5.41, 5.74) is 2.27. The molecular formula is C20H24O2S2. The Hall–Kier alpha value is -1.52. The second kappa shape index (κ2) is 9.09. The van der Waals surface area contributed by atoms with Gasteiger partial charge in [-0.25, -0.2) is 8.42 Å². The monoisotopic (exact) mass is 360 g/mol. The Bertz CT molecular complexity index is 744. The molecule has 2 aromatic carbocycles. The Kier molecular flexibility index (Phi) is 7.13. The van der Waals surface area contributed by atoms with Gasteiger partial charge in [0.1, 0.15) is 0 Å². The fourth-order valence-electron chi connectivity index (χ4n) is 2.22. The zero-order valence-corrected chi connectivity index (χ0v) is 16.1. The second-order valence-corrected chi connectivity index (χ2v) is 8.72. The van der Waals surface area contributed by atoms with Gasteiger partial charge in [0.25, 0.3) is 0 Å². The highest BCUT2D eigenvalue weighted by atomic mass is 32.2. The molecule has 0 amide bonds. The van der Waals surface area contributed by atoms with Crippen LogP contribution in [-0.4, -0.2) is 8.42 Å². The summed E-state index contributed by atoms with van der Waals surface area (Å²) in [5.74, 6) is 0. The van der Waals surface area contributed by atoms with Crippen molar-refractivity contribution in [1.29, 1.82) is 0 Å². The molecule has 0 spiro atoms. The van der Waals surface area contributed by atoms with E-state index in [2.05, 4.69) is 6.92 Å². The lowest BCUT2D eigenvalue weighted by Gasteiger charge is -2.08. The quantitative estimate of drug-likeness (QED) is 0.676. The lowest BCUT2D eigenvalue weighted by atomic mass is 10.2. The van der Waals surface area contributed by atoms with Crippen LogP contribution >= 0.6 is 0 Å². The van der Waals surface area contributed by atoms with Crippen molar-refractivity contribution >= 4 is 21.6 Å². The normalized spacial score (nSPS) is 14.4. The highest BCUT2D eigenvalue weighted by molar-refractivity contribution is 7.92. The van der Waals surface area contributed by atoms with Gasteiger partial charge in [0, 0.05) is 20.1 Å². The van der Waals surface area contributed by atoms with Crippen LogP contribution in [0.15, 0.2) is 68.6 Å². The molecule has 2 nitrogen and oxygen atoms in total. The maximum atomic E-state index is 12.9. The van der Waals surface area contributed by atoms with Crippen LogP contribution < -0.4 is 0 Å². The van der Waals surface area contributed by atoms with E-state index in [1.165, 1.54) is 0 Å². The molecule has 2 rings (SSSR count). The first-order valence-corrected chi connectivity index (χ1v) is 10.5. The van der Waals surface area contributed by atoms with Crippen molar-refractivity contribution in [2.24, 2.45) is 0 Å². The van der Waals surface area contributed by atoms with Crippen molar-refractivity contribution in [2.45, 2.75) is 49.8 Å². The average molecular weight is 361 g/mol. The van der Waals surface area contributed by atoms with Crippen LogP contribution in [0.5, 0.6) is 0 Å². The summed E-state index contributed by atoms with van der Waals surface area (Å²) in [4.78, 5) is 2.26. The molecule has 0 aliphatic carbocycles. The Balaban J connectivity index is 2.29. The Morgan fingerprint density at radius 3 is 1.88 bits per heavy atom. The van der Waals surface area contributed by atoms with Crippen molar-refractivity contribution in [2.75, 3.05) is 0 Å². The third-order valence-electron chi connectivity index (χ3n) is 3.74. The number of benzene rings is 2. The van der Waals surface area contributed by atoms with Crippen LogP contribution in [0.3, 0.4) is 0 Å². The number of unbranched alkanes of at least 4 members (excludes halogenated alkanes) is 1. The molecule has 2 aromatic rings. The van der Waals surface area contributed by atoms with Gasteiger partial charge in [0.15, 0.2) is 0 Å². The van der Waals surface area contributed by atoms with E-state index in [0.717, 1.165) is 38.7 Å². The summed E-state index contributed by atoms with van der Waals surface area (Å²) in [6, 6.07) is 15.3. The molecule has 4 heteroatoms. The first kappa shape index (κ1) is 18.8. The van der Waals surface area contributed by atoms with Gasteiger partial charge in [0.2, 0.25) is 0 Å². The lowest BCUT2D eigenvalue weighted by Crippen LogP contribution is -1.99. The van der Waals surface area contributed by atoms with E-state index in [1.807, 2.05) is 62.4 Å². The Morgan fingerprint density at radius 1 is 0.875 bits per heavy atom. The lowest BCUT2D eigenvalue weighted by molar-refractivity contribution is 0.681. The average Bonchev–Trinajstić information content (AvgIpc) is 2.59. The van der Waals surface area contributed by atoms with E-state index < -0.39 is 21.6 Å². The molecule has 0 aliphatic rings. The Labute approximate surface area is 149 Å². The number of aryl methyl sites for hydroxylation is 2. The van der Waals surface area contributed by atoms with Gasteiger partial charge in [-0.1, -0.05) is 48.7 Å². The number of hydrogen-bond donors (Lipinski definition) is 0. The van der Waals surface area contributed by atoms with Crippen molar-refractivity contribution in [3.63, 3.8) is 0 Å². The van der Waals surface area contributed by atoms with Crippen LogP contribution in [0.1, 0.15) is 37.3 Å². The molecule has 0 saturated carbocycles. The van der Waals surface area contributed by atoms with Crippen LogP contribution in [0, 0.1) is 13.8 Å². The minimum atomic E-state index is -1.28. The zero-order valence-electron chi connectivity index (χ0n) is 14.5. The minimum Gasteiger partial charge on any atom is -0.250 e. The predicted molar refractivity (Wildman–Crippen MR) is 103 cm³/mol. The predicted octanol–water partition coefficient (Wildman–Crippen LogP) is 5.25. The summed E-state index contributed by atoms with van der Waals surface area (Å²) < 4.78 is 25.5. The molecule has 0 N–H and O–H groups in total. The first-order chi connectivity index (χ1) is 11.5. The largest absolute Gasteiger partial charge is 0.250 e. The van der Waals surface area contributed by atoms with Crippen molar-refractivity contribution in [1.82, 2.24) is 0 Å². The molecule has 0 bridgehead atoms. The van der Waals surface area contributed by atoms with Gasteiger partial charge in [0.05, 0.1) is 21.6 Å². The van der Waals surface area contributed by atoms with Crippen molar-refractivity contribution in [3.8, 4) is 0 Å². The van der Waals surface area contributed by atoms with Crippen molar-refractivity contribution in [3.05, 3.63) is 70.0 Å². The maximum Gasteiger partial charge on any atom is 0.0814 e.